The SMILES string of the molecule is C[C@H]1c2cccc(O)c2C(O)=C2C(=O)[C@]3(O)C(O)=C(C(N)=O)C(=O)[C@@H](N(C)C)[C@@H]3[C@@H](OC(=O)C3CCCCCC3)[C@@H]21. The lowest BCUT2D eigenvalue weighted by Crippen LogP contribution is -2.71. The Labute approximate surface area is 237 Å². The Morgan fingerprint density at radius 1 is 1.05 bits per heavy atom. The van der Waals surface area contributed by atoms with Crippen molar-refractivity contribution in [2.24, 2.45) is 23.5 Å². The van der Waals surface area contributed by atoms with E-state index in [4.69, 9.17) is 10.5 Å². The molecule has 0 aromatic heterocycles. The number of nitrogens with two attached hydrogens (primary N) is 1. The fourth-order valence-corrected chi connectivity index (χ4v) is 7.43. The highest BCUT2D eigenvalue weighted by Crippen LogP contribution is 2.57. The van der Waals surface area contributed by atoms with Crippen LogP contribution in [0.1, 0.15) is 62.5 Å². The Balaban J connectivity index is 1.78. The van der Waals surface area contributed by atoms with Crippen LogP contribution >= 0.6 is 0 Å². The van der Waals surface area contributed by atoms with Crippen molar-refractivity contribution < 1.29 is 44.3 Å². The van der Waals surface area contributed by atoms with Crippen LogP contribution in [0.3, 0.4) is 0 Å². The molecule has 0 unspecified atom stereocenters. The highest BCUT2D eigenvalue weighted by Gasteiger charge is 2.69. The quantitative estimate of drug-likeness (QED) is 0.204. The van der Waals surface area contributed by atoms with E-state index in [-0.39, 0.29) is 16.9 Å². The van der Waals surface area contributed by atoms with E-state index in [1.54, 1.807) is 19.1 Å². The van der Waals surface area contributed by atoms with Crippen molar-refractivity contribution in [1.82, 2.24) is 4.90 Å². The molecule has 0 radical (unpaired) electrons. The topological polar surface area (TPSA) is 188 Å². The Morgan fingerprint density at radius 2 is 1.68 bits per heavy atom. The molecule has 4 aliphatic rings. The van der Waals surface area contributed by atoms with Gasteiger partial charge in [0.1, 0.15) is 28.9 Å². The van der Waals surface area contributed by atoms with Crippen molar-refractivity contribution in [2.45, 2.75) is 69.1 Å². The smallest absolute Gasteiger partial charge is 0.309 e. The molecule has 220 valence electrons. The molecular weight excluding hydrogens is 532 g/mol. The van der Waals surface area contributed by atoms with Gasteiger partial charge in [0, 0.05) is 11.5 Å². The first-order valence-electron chi connectivity index (χ1n) is 14.0. The van der Waals surface area contributed by atoms with Crippen LogP contribution in [0.2, 0.25) is 0 Å². The van der Waals surface area contributed by atoms with Crippen LogP contribution in [0.4, 0.5) is 0 Å². The molecule has 6 atom stereocenters. The third-order valence-corrected chi connectivity index (χ3v) is 9.41. The molecule has 2 fully saturated rings. The van der Waals surface area contributed by atoms with Crippen molar-refractivity contribution in [2.75, 3.05) is 14.1 Å². The van der Waals surface area contributed by atoms with Crippen LogP contribution < -0.4 is 5.73 Å². The van der Waals surface area contributed by atoms with E-state index in [1.807, 2.05) is 0 Å². The first-order chi connectivity index (χ1) is 19.3. The number of hydrogen-bond acceptors (Lipinski definition) is 10. The van der Waals surface area contributed by atoms with Crippen molar-refractivity contribution in [3.63, 3.8) is 0 Å². The molecule has 5 rings (SSSR count). The molecule has 1 aromatic carbocycles. The molecule has 1 amide bonds. The molecular formula is C30H36N2O9. The third kappa shape index (κ3) is 4.16. The standard InChI is InChI=1S/C30H36N2O9/c1-13-15-11-8-12-16(33)18(15)23(34)19-17(13)25(41-29(39)14-9-6-4-5-7-10-14)21-22(32(2)3)24(35)20(28(31)38)27(37)30(21,40)26(19)36/h8,11-14,17,21-22,25,33-34,37,40H,4-7,9-10H2,1-3H3,(H2,31,38)/t13-,17+,21+,22-,25-,30-/m0/s1. The zero-order valence-corrected chi connectivity index (χ0v) is 23.3. The summed E-state index contributed by atoms with van der Waals surface area (Å²) in [5.41, 5.74) is 1.64. The van der Waals surface area contributed by atoms with Gasteiger partial charge in [0.2, 0.25) is 5.78 Å². The normalized spacial score (nSPS) is 32.3. The summed E-state index contributed by atoms with van der Waals surface area (Å²) < 4.78 is 6.19. The number of hydrogen-bond donors (Lipinski definition) is 5. The number of phenolic OH excluding ortho intramolecular Hbond substituents is 1. The maximum Gasteiger partial charge on any atom is 0.309 e. The number of benzene rings is 1. The number of esters is 1. The molecule has 1 aromatic rings. The Morgan fingerprint density at radius 3 is 2.27 bits per heavy atom. The van der Waals surface area contributed by atoms with E-state index in [9.17, 15) is 39.6 Å². The number of Topliss-reactive ketones (excluding diaryl/α,β-unsaturated/α-hetero) is 2. The lowest BCUT2D eigenvalue weighted by atomic mass is 9.54. The van der Waals surface area contributed by atoms with Gasteiger partial charge in [-0.1, -0.05) is 44.7 Å². The maximum atomic E-state index is 14.3. The van der Waals surface area contributed by atoms with E-state index in [2.05, 4.69) is 0 Å². The third-order valence-electron chi connectivity index (χ3n) is 9.41. The fourth-order valence-electron chi connectivity index (χ4n) is 7.43. The molecule has 0 bridgehead atoms. The summed E-state index contributed by atoms with van der Waals surface area (Å²) in [7, 11) is 3.00. The van der Waals surface area contributed by atoms with Crippen LogP contribution in [-0.4, -0.2) is 80.6 Å². The molecule has 11 heteroatoms. The second-order valence-corrected chi connectivity index (χ2v) is 11.9. The number of likely N-dealkylation sites (N-methyl/N-ethyl adjacent to an activating group) is 1. The summed E-state index contributed by atoms with van der Waals surface area (Å²) in [6.07, 6.45) is 3.43. The number of primary amides is 1. The number of carbonyl (C=O) groups excluding carboxylic acids is 4. The number of aliphatic hydroxyl groups is 3. The van der Waals surface area contributed by atoms with Gasteiger partial charge in [0.15, 0.2) is 11.4 Å². The summed E-state index contributed by atoms with van der Waals surface area (Å²) >= 11 is 0. The molecule has 2 saturated carbocycles. The molecule has 41 heavy (non-hydrogen) atoms. The lowest BCUT2D eigenvalue weighted by Gasteiger charge is -2.54. The Hall–Kier alpha value is -3.70. The van der Waals surface area contributed by atoms with Gasteiger partial charge in [0.05, 0.1) is 23.4 Å². The number of aliphatic hydroxyl groups excluding tert-OH is 2. The lowest BCUT2D eigenvalue weighted by molar-refractivity contribution is -0.188. The monoisotopic (exact) mass is 568 g/mol. The zero-order chi connectivity index (χ0) is 30.0. The number of amides is 1. The molecule has 0 heterocycles. The average molecular weight is 569 g/mol. The highest BCUT2D eigenvalue weighted by molar-refractivity contribution is 6.24. The number of phenols is 1. The molecule has 0 saturated heterocycles. The van der Waals surface area contributed by atoms with E-state index in [0.29, 0.717) is 18.4 Å². The van der Waals surface area contributed by atoms with Gasteiger partial charge in [-0.3, -0.25) is 24.1 Å². The van der Waals surface area contributed by atoms with Gasteiger partial charge >= 0.3 is 5.97 Å². The Kier molecular flexibility index (Phi) is 7.23. The van der Waals surface area contributed by atoms with Crippen molar-refractivity contribution in [3.8, 4) is 5.75 Å². The minimum absolute atomic E-state index is 0.0230. The number of ether oxygens (including phenoxy) is 1. The maximum absolute atomic E-state index is 14.3. The van der Waals surface area contributed by atoms with Gasteiger partial charge in [-0.25, -0.2) is 0 Å². The van der Waals surface area contributed by atoms with Crippen molar-refractivity contribution >= 4 is 29.2 Å². The largest absolute Gasteiger partial charge is 0.508 e. The van der Waals surface area contributed by atoms with Gasteiger partial charge in [-0.15, -0.1) is 0 Å². The van der Waals surface area contributed by atoms with E-state index in [0.717, 1.165) is 25.7 Å². The summed E-state index contributed by atoms with van der Waals surface area (Å²) in [6.45, 7) is 1.74. The van der Waals surface area contributed by atoms with Crippen LogP contribution in [0.15, 0.2) is 35.1 Å². The second-order valence-electron chi connectivity index (χ2n) is 11.9. The number of ketones is 2. The van der Waals surface area contributed by atoms with Crippen molar-refractivity contribution in [1.29, 1.82) is 0 Å². The number of fused-ring (bicyclic) bond motifs is 3. The summed E-state index contributed by atoms with van der Waals surface area (Å²) in [4.78, 5) is 55.3. The number of carbonyl (C=O) groups is 4. The van der Waals surface area contributed by atoms with E-state index in [1.165, 1.54) is 25.1 Å². The van der Waals surface area contributed by atoms with Gasteiger partial charge in [-0.05, 0) is 44.5 Å². The Bertz CT molecular complexity index is 1390. The van der Waals surface area contributed by atoms with Crippen LogP contribution in [0.25, 0.3) is 5.76 Å². The zero-order valence-electron chi connectivity index (χ0n) is 23.3. The molecule has 4 aliphatic carbocycles. The molecule has 6 N–H and O–H groups in total. The van der Waals surface area contributed by atoms with Gasteiger partial charge < -0.3 is 30.9 Å². The molecule has 0 aliphatic heterocycles. The summed E-state index contributed by atoms with van der Waals surface area (Å²) in [5.74, 6) is -9.84. The summed E-state index contributed by atoms with van der Waals surface area (Å²) in [6, 6.07) is 3.19. The summed E-state index contributed by atoms with van der Waals surface area (Å²) in [5, 5.41) is 45.4. The number of aromatic hydroxyl groups is 1. The predicted molar refractivity (Wildman–Crippen MR) is 145 cm³/mol. The number of nitrogens with zero attached hydrogens (tertiary/aromatic N) is 1. The van der Waals surface area contributed by atoms with Crippen LogP contribution in [0.5, 0.6) is 5.75 Å². The second kappa shape index (κ2) is 10.3. The van der Waals surface area contributed by atoms with E-state index >= 15 is 0 Å². The van der Waals surface area contributed by atoms with Crippen LogP contribution in [-0.2, 0) is 23.9 Å². The fraction of sp³-hybridized carbons (Fsp3) is 0.533. The first kappa shape index (κ1) is 28.8. The van der Waals surface area contributed by atoms with Crippen molar-refractivity contribution in [3.05, 3.63) is 46.2 Å². The van der Waals surface area contributed by atoms with E-state index < -0.39 is 82.0 Å². The minimum atomic E-state index is -2.94. The van der Waals surface area contributed by atoms with Gasteiger partial charge in [0.25, 0.3) is 5.91 Å². The predicted octanol–water partition coefficient (Wildman–Crippen LogP) is 2.02. The van der Waals surface area contributed by atoms with Crippen LogP contribution in [0, 0.1) is 17.8 Å². The number of rotatable bonds is 4. The molecule has 0 spiro atoms. The average Bonchev–Trinajstić information content (AvgIpc) is 3.20. The van der Waals surface area contributed by atoms with Gasteiger partial charge in [-0.2, -0.15) is 0 Å². The molecule has 11 nitrogen and oxygen atoms in total. The minimum Gasteiger partial charge on any atom is -0.508 e. The first-order valence-corrected chi connectivity index (χ1v) is 14.0. The highest BCUT2D eigenvalue weighted by atomic mass is 16.5.